The van der Waals surface area contributed by atoms with Gasteiger partial charge in [-0.25, -0.2) is 0 Å². The van der Waals surface area contributed by atoms with Gasteiger partial charge in [0.05, 0.1) is 11.7 Å². The first kappa shape index (κ1) is 11.0. The van der Waals surface area contributed by atoms with Crippen LogP contribution in [-0.2, 0) is 0 Å². The molecule has 0 aliphatic carbocycles. The number of fused-ring (bicyclic) bond motifs is 1. The highest BCUT2D eigenvalue weighted by molar-refractivity contribution is 5.90. The maximum Gasteiger partial charge on any atom is 0.0671 e. The lowest BCUT2D eigenvalue weighted by Crippen LogP contribution is -2.23. The Hall–Kier alpha value is -1.51. The molecule has 1 aromatic heterocycles. The number of hydrogen-bond donors (Lipinski definition) is 2. The van der Waals surface area contributed by atoms with E-state index in [1.54, 1.807) is 0 Å². The van der Waals surface area contributed by atoms with Crippen LogP contribution in [0.2, 0.25) is 0 Å². The van der Waals surface area contributed by atoms with Gasteiger partial charge in [0.1, 0.15) is 0 Å². The zero-order chi connectivity index (χ0) is 11.5. The van der Waals surface area contributed by atoms with Crippen LogP contribution in [-0.4, -0.2) is 16.2 Å². The maximum absolute atomic E-state index is 4.07. The van der Waals surface area contributed by atoms with Crippen LogP contribution < -0.4 is 5.32 Å². The SMILES string of the molecule is CCC(C)C(C)Nc1cccc2[nH]ncc12. The predicted octanol–water partition coefficient (Wildman–Crippen LogP) is 3.41. The minimum atomic E-state index is 0.477. The standard InChI is InChI=1S/C13H19N3/c1-4-9(2)10(3)15-12-6-5-7-13-11(12)8-14-16-13/h5-10,15H,4H2,1-3H3,(H,14,16). The fourth-order valence-electron chi connectivity index (χ4n) is 1.84. The van der Waals surface area contributed by atoms with Gasteiger partial charge in [-0.1, -0.05) is 26.3 Å². The lowest BCUT2D eigenvalue weighted by molar-refractivity contribution is 0.495. The van der Waals surface area contributed by atoms with E-state index in [4.69, 9.17) is 0 Å². The quantitative estimate of drug-likeness (QED) is 0.824. The fraction of sp³-hybridized carbons (Fsp3) is 0.462. The fourth-order valence-corrected chi connectivity index (χ4v) is 1.84. The van der Waals surface area contributed by atoms with Crippen molar-refractivity contribution in [2.75, 3.05) is 5.32 Å². The van der Waals surface area contributed by atoms with Crippen molar-refractivity contribution < 1.29 is 0 Å². The van der Waals surface area contributed by atoms with E-state index in [9.17, 15) is 0 Å². The molecule has 0 saturated heterocycles. The molecule has 0 aliphatic heterocycles. The molecule has 0 aliphatic rings. The summed E-state index contributed by atoms with van der Waals surface area (Å²) in [5, 5.41) is 11.8. The van der Waals surface area contributed by atoms with Gasteiger partial charge in [-0.05, 0) is 25.0 Å². The van der Waals surface area contributed by atoms with Gasteiger partial charge >= 0.3 is 0 Å². The lowest BCUT2D eigenvalue weighted by Gasteiger charge is -2.21. The van der Waals surface area contributed by atoms with E-state index in [0.29, 0.717) is 12.0 Å². The van der Waals surface area contributed by atoms with Gasteiger partial charge in [-0.2, -0.15) is 5.10 Å². The zero-order valence-corrected chi connectivity index (χ0v) is 10.1. The summed E-state index contributed by atoms with van der Waals surface area (Å²) in [5.41, 5.74) is 2.25. The monoisotopic (exact) mass is 217 g/mol. The Labute approximate surface area is 96.2 Å². The number of aromatic nitrogens is 2. The van der Waals surface area contributed by atoms with Crippen LogP contribution in [0.25, 0.3) is 10.9 Å². The van der Waals surface area contributed by atoms with Crippen molar-refractivity contribution in [1.29, 1.82) is 0 Å². The highest BCUT2D eigenvalue weighted by Gasteiger charge is 2.11. The molecule has 3 heteroatoms. The molecule has 0 fully saturated rings. The van der Waals surface area contributed by atoms with Gasteiger partial charge in [-0.15, -0.1) is 0 Å². The summed E-state index contributed by atoms with van der Waals surface area (Å²) in [7, 11) is 0. The van der Waals surface area contributed by atoms with Crippen LogP contribution in [0.4, 0.5) is 5.69 Å². The third-order valence-corrected chi connectivity index (χ3v) is 3.37. The molecule has 2 unspecified atom stereocenters. The van der Waals surface area contributed by atoms with Gasteiger partial charge in [0.25, 0.3) is 0 Å². The molecule has 0 bridgehead atoms. The molecule has 86 valence electrons. The minimum Gasteiger partial charge on any atom is -0.382 e. The summed E-state index contributed by atoms with van der Waals surface area (Å²) in [5.74, 6) is 0.669. The number of nitrogens with zero attached hydrogens (tertiary/aromatic N) is 1. The van der Waals surface area contributed by atoms with E-state index in [2.05, 4.69) is 42.4 Å². The molecule has 0 spiro atoms. The van der Waals surface area contributed by atoms with E-state index in [-0.39, 0.29) is 0 Å². The summed E-state index contributed by atoms with van der Waals surface area (Å²) in [6, 6.07) is 6.68. The largest absolute Gasteiger partial charge is 0.382 e. The normalized spacial score (nSPS) is 14.9. The Morgan fingerprint density at radius 1 is 1.38 bits per heavy atom. The van der Waals surface area contributed by atoms with Crippen LogP contribution in [0.3, 0.4) is 0 Å². The molecule has 2 atom stereocenters. The van der Waals surface area contributed by atoms with Gasteiger partial charge in [0, 0.05) is 17.1 Å². The molecule has 0 saturated carbocycles. The summed E-state index contributed by atoms with van der Waals surface area (Å²) in [6.45, 7) is 6.72. The first-order valence-electron chi connectivity index (χ1n) is 5.91. The number of hydrogen-bond acceptors (Lipinski definition) is 2. The van der Waals surface area contributed by atoms with Crippen molar-refractivity contribution in [1.82, 2.24) is 10.2 Å². The molecule has 16 heavy (non-hydrogen) atoms. The summed E-state index contributed by atoms with van der Waals surface area (Å²) in [6.07, 6.45) is 3.07. The average molecular weight is 217 g/mol. The van der Waals surface area contributed by atoms with Crippen molar-refractivity contribution in [2.24, 2.45) is 5.92 Å². The van der Waals surface area contributed by atoms with E-state index in [1.807, 2.05) is 18.3 Å². The van der Waals surface area contributed by atoms with Crippen LogP contribution in [0.15, 0.2) is 24.4 Å². The molecule has 1 aromatic carbocycles. The first-order chi connectivity index (χ1) is 7.72. The highest BCUT2D eigenvalue weighted by atomic mass is 15.1. The number of nitrogens with one attached hydrogen (secondary N) is 2. The van der Waals surface area contributed by atoms with E-state index in [1.165, 1.54) is 12.1 Å². The molecule has 2 N–H and O–H groups in total. The van der Waals surface area contributed by atoms with Crippen LogP contribution in [0.5, 0.6) is 0 Å². The molecule has 1 heterocycles. The molecular weight excluding hydrogens is 198 g/mol. The zero-order valence-electron chi connectivity index (χ0n) is 10.1. The van der Waals surface area contributed by atoms with Crippen molar-refractivity contribution in [3.05, 3.63) is 24.4 Å². The van der Waals surface area contributed by atoms with E-state index < -0.39 is 0 Å². The Kier molecular flexibility index (Phi) is 3.13. The Morgan fingerprint density at radius 2 is 2.19 bits per heavy atom. The molecule has 0 amide bonds. The average Bonchev–Trinajstić information content (AvgIpc) is 2.77. The Balaban J connectivity index is 2.23. The third-order valence-electron chi connectivity index (χ3n) is 3.37. The second kappa shape index (κ2) is 4.56. The molecule has 2 aromatic rings. The highest BCUT2D eigenvalue weighted by Crippen LogP contribution is 2.23. The summed E-state index contributed by atoms with van der Waals surface area (Å²) in [4.78, 5) is 0. The van der Waals surface area contributed by atoms with Crippen LogP contribution >= 0.6 is 0 Å². The number of H-pyrrole nitrogens is 1. The molecule has 3 nitrogen and oxygen atoms in total. The van der Waals surface area contributed by atoms with Crippen LogP contribution in [0, 0.1) is 5.92 Å². The second-order valence-electron chi connectivity index (χ2n) is 4.46. The number of rotatable bonds is 4. The third kappa shape index (κ3) is 2.03. The van der Waals surface area contributed by atoms with Gasteiger partial charge in [0.2, 0.25) is 0 Å². The Bertz CT molecular complexity index is 461. The topological polar surface area (TPSA) is 40.7 Å². The number of aromatic amines is 1. The van der Waals surface area contributed by atoms with E-state index in [0.717, 1.165) is 10.9 Å². The number of benzene rings is 1. The van der Waals surface area contributed by atoms with Crippen LogP contribution in [0.1, 0.15) is 27.2 Å². The van der Waals surface area contributed by atoms with Crippen molar-refractivity contribution in [3.63, 3.8) is 0 Å². The van der Waals surface area contributed by atoms with Crippen molar-refractivity contribution >= 4 is 16.6 Å². The first-order valence-corrected chi connectivity index (χ1v) is 5.91. The van der Waals surface area contributed by atoms with Crippen molar-refractivity contribution in [2.45, 2.75) is 33.2 Å². The summed E-state index contributed by atoms with van der Waals surface area (Å²) >= 11 is 0. The molecule has 0 radical (unpaired) electrons. The van der Waals surface area contributed by atoms with Gasteiger partial charge in [0.15, 0.2) is 0 Å². The summed E-state index contributed by atoms with van der Waals surface area (Å²) < 4.78 is 0. The smallest absolute Gasteiger partial charge is 0.0671 e. The minimum absolute atomic E-state index is 0.477. The maximum atomic E-state index is 4.07. The van der Waals surface area contributed by atoms with Crippen molar-refractivity contribution in [3.8, 4) is 0 Å². The Morgan fingerprint density at radius 3 is 2.94 bits per heavy atom. The lowest BCUT2D eigenvalue weighted by atomic mass is 10.0. The van der Waals surface area contributed by atoms with E-state index >= 15 is 0 Å². The predicted molar refractivity (Wildman–Crippen MR) is 68.6 cm³/mol. The number of anilines is 1. The van der Waals surface area contributed by atoms with Gasteiger partial charge in [-0.3, -0.25) is 5.10 Å². The molecular formula is C13H19N3. The van der Waals surface area contributed by atoms with Gasteiger partial charge < -0.3 is 5.32 Å². The second-order valence-corrected chi connectivity index (χ2v) is 4.46. The molecule has 2 rings (SSSR count).